The van der Waals surface area contributed by atoms with E-state index in [0.717, 1.165) is 28.2 Å². The number of amides is 4. The van der Waals surface area contributed by atoms with Gasteiger partial charge in [-0.2, -0.15) is 0 Å². The molecule has 0 aromatic heterocycles. The molecule has 2 aliphatic rings. The van der Waals surface area contributed by atoms with E-state index in [4.69, 9.17) is 9.47 Å². The molecular formula is C54H52N2O8S. The third-order valence-electron chi connectivity index (χ3n) is 13.5. The summed E-state index contributed by atoms with van der Waals surface area (Å²) in [6.07, 6.45) is 2.81. The summed E-state index contributed by atoms with van der Waals surface area (Å²) in [4.78, 5) is 56.7. The summed E-state index contributed by atoms with van der Waals surface area (Å²) in [5, 5.41) is 0. The minimum Gasteiger partial charge on any atom is -0.487 e. The van der Waals surface area contributed by atoms with Crippen molar-refractivity contribution in [1.29, 1.82) is 0 Å². The van der Waals surface area contributed by atoms with Crippen molar-refractivity contribution in [1.82, 2.24) is 0 Å². The molecule has 0 saturated heterocycles. The van der Waals surface area contributed by atoms with Crippen LogP contribution in [0, 0.1) is 0 Å². The monoisotopic (exact) mass is 888 g/mol. The van der Waals surface area contributed by atoms with E-state index in [-0.39, 0.29) is 60.0 Å². The molecule has 0 unspecified atom stereocenters. The average Bonchev–Trinajstić information content (AvgIpc) is 3.73. The van der Waals surface area contributed by atoms with Crippen molar-refractivity contribution in [3.05, 3.63) is 172 Å². The van der Waals surface area contributed by atoms with Gasteiger partial charge in [-0.3, -0.25) is 19.2 Å². The van der Waals surface area contributed by atoms with Gasteiger partial charge < -0.3 is 9.47 Å². The number of carbonyl (C=O) groups is 4. The van der Waals surface area contributed by atoms with E-state index >= 15 is 0 Å². The summed E-state index contributed by atoms with van der Waals surface area (Å²) < 4.78 is 40.0. The topological polar surface area (TPSA) is 127 Å². The van der Waals surface area contributed by atoms with E-state index in [0.29, 0.717) is 17.9 Å². The molecule has 0 aliphatic carbocycles. The third-order valence-corrected chi connectivity index (χ3v) is 15.3. The molecule has 0 saturated carbocycles. The van der Waals surface area contributed by atoms with Crippen LogP contribution in [0.25, 0.3) is 0 Å². The zero-order valence-electron chi connectivity index (χ0n) is 37.9. The minimum atomic E-state index is -4.11. The molecule has 0 atom stereocenters. The Morgan fingerprint density at radius 3 is 1.34 bits per heavy atom. The van der Waals surface area contributed by atoms with Gasteiger partial charge in [-0.1, -0.05) is 90.1 Å². The van der Waals surface area contributed by atoms with Crippen LogP contribution in [0.1, 0.15) is 133 Å². The molecule has 6 aromatic carbocycles. The van der Waals surface area contributed by atoms with Gasteiger partial charge in [-0.25, -0.2) is 18.2 Å². The fraction of sp³-hybridized carbons (Fsp3) is 0.259. The van der Waals surface area contributed by atoms with Crippen molar-refractivity contribution >= 4 is 44.8 Å². The molecule has 0 radical (unpaired) electrons. The SMILES string of the molecule is CCC(C)(C)Oc1cccc2c1C(=O)N(c1ccc(S(=O)(=O)c3ccc(N4C(=O)c5cccc(Oc6ccc(C(C)(C)c7ccc(C(C)(CC)CC)cc7)cc6)c5C4=O)cc3)cc1)C2=O. The van der Waals surface area contributed by atoms with Crippen LogP contribution in [0.15, 0.2) is 143 Å². The number of nitrogens with zero attached hydrogens (tertiary/aromatic N) is 2. The highest BCUT2D eigenvalue weighted by Gasteiger charge is 2.41. The highest BCUT2D eigenvalue weighted by molar-refractivity contribution is 7.91. The minimum absolute atomic E-state index is 0.0842. The first-order valence-electron chi connectivity index (χ1n) is 21.9. The molecule has 0 spiro atoms. The fourth-order valence-electron chi connectivity index (χ4n) is 8.38. The van der Waals surface area contributed by atoms with Crippen molar-refractivity contribution in [2.45, 2.75) is 101 Å². The summed E-state index contributed by atoms with van der Waals surface area (Å²) in [6.45, 7) is 16.9. The first kappa shape index (κ1) is 44.7. The van der Waals surface area contributed by atoms with Gasteiger partial charge in [-0.15, -0.1) is 0 Å². The average molecular weight is 889 g/mol. The quantitative estimate of drug-likeness (QED) is 0.0989. The second-order valence-electron chi connectivity index (χ2n) is 18.1. The molecule has 0 fully saturated rings. The Kier molecular flexibility index (Phi) is 11.4. The second-order valence-corrected chi connectivity index (χ2v) is 20.0. The first-order valence-corrected chi connectivity index (χ1v) is 23.4. The Bertz CT molecular complexity index is 2970. The Morgan fingerprint density at radius 2 is 0.892 bits per heavy atom. The smallest absolute Gasteiger partial charge is 0.269 e. The van der Waals surface area contributed by atoms with Gasteiger partial charge in [0.15, 0.2) is 0 Å². The van der Waals surface area contributed by atoms with E-state index in [2.05, 4.69) is 58.9 Å². The predicted molar refractivity (Wildman–Crippen MR) is 252 cm³/mol. The molecule has 65 heavy (non-hydrogen) atoms. The number of hydrogen-bond acceptors (Lipinski definition) is 8. The molecule has 11 heteroatoms. The molecule has 2 aliphatic heterocycles. The van der Waals surface area contributed by atoms with Crippen LogP contribution in [-0.2, 0) is 20.7 Å². The molecule has 2 heterocycles. The zero-order valence-corrected chi connectivity index (χ0v) is 38.7. The summed E-state index contributed by atoms with van der Waals surface area (Å²) in [7, 11) is -4.11. The maximum atomic E-state index is 14.0. The van der Waals surface area contributed by atoms with Gasteiger partial charge in [0.05, 0.1) is 43.4 Å². The lowest BCUT2D eigenvalue weighted by atomic mass is 9.74. The zero-order chi connectivity index (χ0) is 46.6. The Morgan fingerprint density at radius 1 is 0.477 bits per heavy atom. The van der Waals surface area contributed by atoms with Gasteiger partial charge in [0.1, 0.15) is 22.8 Å². The summed E-state index contributed by atoms with van der Waals surface area (Å²) in [5.74, 6) is -1.25. The fourth-order valence-corrected chi connectivity index (χ4v) is 9.64. The lowest BCUT2D eigenvalue weighted by molar-refractivity contribution is 0.0899. The van der Waals surface area contributed by atoms with Crippen LogP contribution < -0.4 is 19.3 Å². The lowest BCUT2D eigenvalue weighted by Crippen LogP contribution is -2.30. The third kappa shape index (κ3) is 7.81. The normalized spacial score (nSPS) is 14.2. The summed E-state index contributed by atoms with van der Waals surface area (Å²) in [6, 6.07) is 37.3. The van der Waals surface area contributed by atoms with E-state index in [1.165, 1.54) is 59.7 Å². The summed E-state index contributed by atoms with van der Waals surface area (Å²) >= 11 is 0. The van der Waals surface area contributed by atoms with Crippen LogP contribution in [0.5, 0.6) is 17.2 Å². The van der Waals surface area contributed by atoms with Crippen LogP contribution >= 0.6 is 0 Å². The van der Waals surface area contributed by atoms with Crippen molar-refractivity contribution in [3.63, 3.8) is 0 Å². The molecule has 10 nitrogen and oxygen atoms in total. The molecule has 332 valence electrons. The van der Waals surface area contributed by atoms with Crippen molar-refractivity contribution < 1.29 is 37.1 Å². The van der Waals surface area contributed by atoms with Crippen molar-refractivity contribution in [2.24, 2.45) is 0 Å². The van der Waals surface area contributed by atoms with E-state index in [1.54, 1.807) is 36.4 Å². The molecule has 8 rings (SSSR count). The molecule has 0 bridgehead atoms. The number of carbonyl (C=O) groups excluding carboxylic acids is 4. The number of hydrogen-bond donors (Lipinski definition) is 0. The van der Waals surface area contributed by atoms with Crippen molar-refractivity contribution in [2.75, 3.05) is 9.80 Å². The van der Waals surface area contributed by atoms with Crippen LogP contribution in [-0.4, -0.2) is 37.6 Å². The molecule has 0 N–H and O–H groups in total. The van der Waals surface area contributed by atoms with Gasteiger partial charge in [0.25, 0.3) is 23.6 Å². The summed E-state index contributed by atoms with van der Waals surface area (Å²) in [5.41, 5.74) is 3.89. The molecular weight excluding hydrogens is 837 g/mol. The Hall–Kier alpha value is -6.85. The van der Waals surface area contributed by atoms with E-state index in [9.17, 15) is 27.6 Å². The molecule has 4 amide bonds. The number of fused-ring (bicyclic) bond motifs is 2. The lowest BCUT2D eigenvalue weighted by Gasteiger charge is -2.30. The number of sulfone groups is 1. The molecule has 6 aromatic rings. The maximum Gasteiger partial charge on any atom is 0.269 e. The van der Waals surface area contributed by atoms with Crippen LogP contribution in [0.3, 0.4) is 0 Å². The van der Waals surface area contributed by atoms with Gasteiger partial charge >= 0.3 is 0 Å². The van der Waals surface area contributed by atoms with Crippen molar-refractivity contribution in [3.8, 4) is 17.2 Å². The maximum absolute atomic E-state index is 14.0. The second kappa shape index (κ2) is 16.6. The Balaban J connectivity index is 0.966. The van der Waals surface area contributed by atoms with E-state index < -0.39 is 39.1 Å². The Labute approximate surface area is 380 Å². The van der Waals surface area contributed by atoms with Gasteiger partial charge in [0, 0.05) is 5.41 Å². The van der Waals surface area contributed by atoms with Crippen LogP contribution in [0.2, 0.25) is 0 Å². The number of rotatable bonds is 14. The number of ether oxygens (including phenoxy) is 2. The van der Waals surface area contributed by atoms with Gasteiger partial charge in [0.2, 0.25) is 9.84 Å². The first-order chi connectivity index (χ1) is 30.8. The highest BCUT2D eigenvalue weighted by atomic mass is 32.2. The number of anilines is 2. The predicted octanol–water partition coefficient (Wildman–Crippen LogP) is 11.9. The standard InChI is InChI=1S/C54H52N2O8S/c1-9-52(4,5)64-45-17-13-15-43-47(45)51(60)56(49(43)58)38-26-32-41(33-27-38)65(61,62)40-30-24-37(25-31-40)55-48(57)42-14-12-16-44(46(42)50(55)59)63-39-28-22-35(23-29-39)53(6,7)34-18-20-36(21-19-34)54(8,10-2)11-3/h12-33H,9-11H2,1-8H3. The van der Waals surface area contributed by atoms with Crippen LogP contribution in [0.4, 0.5) is 11.4 Å². The number of benzene rings is 6. The largest absolute Gasteiger partial charge is 0.487 e. The highest BCUT2D eigenvalue weighted by Crippen LogP contribution is 2.41. The number of imide groups is 2. The van der Waals surface area contributed by atoms with E-state index in [1.807, 2.05) is 45.0 Å². The van der Waals surface area contributed by atoms with Gasteiger partial charge in [-0.05, 0) is 140 Å².